The maximum absolute atomic E-state index is 5.31. The number of hydrogen-bond acceptors (Lipinski definition) is 2. The van der Waals surface area contributed by atoms with Gasteiger partial charge in [0.25, 0.3) is 0 Å². The summed E-state index contributed by atoms with van der Waals surface area (Å²) in [4.78, 5) is 0. The van der Waals surface area contributed by atoms with Crippen LogP contribution in [0.1, 0.15) is 52.4 Å². The monoisotopic (exact) mass is 213 g/mol. The number of unbranched alkanes of at least 4 members (excludes halogenated alkanes) is 1. The minimum absolute atomic E-state index is 0.799. The van der Waals surface area contributed by atoms with E-state index in [0.717, 1.165) is 25.2 Å². The van der Waals surface area contributed by atoms with E-state index in [0.29, 0.717) is 0 Å². The van der Waals surface area contributed by atoms with Crippen molar-refractivity contribution in [1.29, 1.82) is 0 Å². The van der Waals surface area contributed by atoms with Gasteiger partial charge in [-0.3, -0.25) is 0 Å². The van der Waals surface area contributed by atoms with Gasteiger partial charge in [0.05, 0.1) is 0 Å². The van der Waals surface area contributed by atoms with Crippen molar-refractivity contribution in [2.75, 3.05) is 19.8 Å². The van der Waals surface area contributed by atoms with E-state index in [2.05, 4.69) is 19.2 Å². The number of ether oxygens (including phenoxy) is 1. The van der Waals surface area contributed by atoms with E-state index in [1.54, 1.807) is 0 Å². The first kappa shape index (κ1) is 13.0. The molecule has 1 fully saturated rings. The van der Waals surface area contributed by atoms with E-state index in [1.165, 1.54) is 45.1 Å². The maximum atomic E-state index is 5.31. The second kappa shape index (κ2) is 8.12. The largest absolute Gasteiger partial charge is 0.382 e. The van der Waals surface area contributed by atoms with Crippen molar-refractivity contribution < 1.29 is 4.74 Å². The third-order valence-corrected chi connectivity index (χ3v) is 3.37. The maximum Gasteiger partial charge on any atom is 0.0466 e. The van der Waals surface area contributed by atoms with Gasteiger partial charge in [0, 0.05) is 19.3 Å². The van der Waals surface area contributed by atoms with Gasteiger partial charge in [0.15, 0.2) is 0 Å². The van der Waals surface area contributed by atoms with E-state index in [-0.39, 0.29) is 0 Å². The fourth-order valence-corrected chi connectivity index (χ4v) is 2.24. The lowest BCUT2D eigenvalue weighted by Gasteiger charge is -2.27. The van der Waals surface area contributed by atoms with E-state index in [4.69, 9.17) is 4.74 Å². The molecule has 0 saturated heterocycles. The quantitative estimate of drug-likeness (QED) is 0.656. The van der Waals surface area contributed by atoms with Crippen molar-refractivity contribution in [3.05, 3.63) is 0 Å². The van der Waals surface area contributed by atoms with Crippen LogP contribution >= 0.6 is 0 Å². The van der Waals surface area contributed by atoms with Crippen LogP contribution in [0.15, 0.2) is 0 Å². The summed E-state index contributed by atoms with van der Waals surface area (Å²) in [6.07, 6.45) is 8.04. The Hall–Kier alpha value is -0.0800. The zero-order valence-corrected chi connectivity index (χ0v) is 10.4. The highest BCUT2D eigenvalue weighted by Gasteiger charge is 2.16. The first-order valence-corrected chi connectivity index (χ1v) is 6.64. The molecule has 0 aromatic rings. The van der Waals surface area contributed by atoms with Crippen molar-refractivity contribution in [2.24, 2.45) is 5.92 Å². The lowest BCUT2D eigenvalue weighted by molar-refractivity contribution is 0.143. The molecular formula is C13H27NO. The molecule has 0 amide bonds. The zero-order chi connectivity index (χ0) is 10.9. The first-order chi connectivity index (χ1) is 7.33. The smallest absolute Gasteiger partial charge is 0.0466 e. The van der Waals surface area contributed by atoms with Crippen LogP contribution in [0.2, 0.25) is 0 Å². The summed E-state index contributed by atoms with van der Waals surface area (Å²) in [5.41, 5.74) is 0. The minimum Gasteiger partial charge on any atom is -0.382 e. The lowest BCUT2D eigenvalue weighted by Crippen LogP contribution is -2.33. The molecule has 1 aliphatic carbocycles. The van der Waals surface area contributed by atoms with Gasteiger partial charge in [-0.2, -0.15) is 0 Å². The van der Waals surface area contributed by atoms with E-state index < -0.39 is 0 Å². The number of nitrogens with one attached hydrogen (secondary N) is 1. The predicted octanol–water partition coefficient (Wildman–Crippen LogP) is 2.97. The third kappa shape index (κ3) is 6.16. The molecule has 0 spiro atoms. The number of rotatable bonds is 7. The molecule has 0 bridgehead atoms. The average Bonchev–Trinajstić information content (AvgIpc) is 2.26. The Labute approximate surface area is 94.8 Å². The molecule has 0 aromatic heterocycles. The molecule has 15 heavy (non-hydrogen) atoms. The lowest BCUT2D eigenvalue weighted by atomic mass is 9.87. The molecular weight excluding hydrogens is 186 g/mol. The summed E-state index contributed by atoms with van der Waals surface area (Å²) in [7, 11) is 0. The normalized spacial score (nSPS) is 26.8. The van der Waals surface area contributed by atoms with Gasteiger partial charge in [-0.1, -0.05) is 6.92 Å². The highest BCUT2D eigenvalue weighted by Crippen LogP contribution is 2.23. The first-order valence-electron chi connectivity index (χ1n) is 6.64. The topological polar surface area (TPSA) is 21.3 Å². The SMILES string of the molecule is CCOCCCCNC1CCC(C)CC1. The number of hydrogen-bond donors (Lipinski definition) is 1. The second-order valence-electron chi connectivity index (χ2n) is 4.81. The Morgan fingerprint density at radius 2 is 1.87 bits per heavy atom. The van der Waals surface area contributed by atoms with Crippen LogP contribution in [0.5, 0.6) is 0 Å². The summed E-state index contributed by atoms with van der Waals surface area (Å²) in [5, 5.41) is 3.66. The van der Waals surface area contributed by atoms with Crippen LogP contribution in [0.3, 0.4) is 0 Å². The summed E-state index contributed by atoms with van der Waals surface area (Å²) in [6, 6.07) is 0.799. The molecule has 0 heterocycles. The van der Waals surface area contributed by atoms with Crippen molar-refractivity contribution in [3.63, 3.8) is 0 Å². The van der Waals surface area contributed by atoms with Crippen LogP contribution in [0.4, 0.5) is 0 Å². The van der Waals surface area contributed by atoms with Crippen molar-refractivity contribution >= 4 is 0 Å². The molecule has 1 saturated carbocycles. The van der Waals surface area contributed by atoms with Crippen molar-refractivity contribution in [2.45, 2.75) is 58.4 Å². The highest BCUT2D eigenvalue weighted by molar-refractivity contribution is 4.74. The zero-order valence-electron chi connectivity index (χ0n) is 10.4. The Balaban J connectivity index is 1.87. The van der Waals surface area contributed by atoms with Crippen LogP contribution in [-0.4, -0.2) is 25.8 Å². The molecule has 0 radical (unpaired) electrons. The van der Waals surface area contributed by atoms with Crippen molar-refractivity contribution in [1.82, 2.24) is 5.32 Å². The predicted molar refractivity (Wildman–Crippen MR) is 65.1 cm³/mol. The fourth-order valence-electron chi connectivity index (χ4n) is 2.24. The van der Waals surface area contributed by atoms with Gasteiger partial charge in [-0.25, -0.2) is 0 Å². The average molecular weight is 213 g/mol. The van der Waals surface area contributed by atoms with Gasteiger partial charge in [-0.15, -0.1) is 0 Å². The van der Waals surface area contributed by atoms with Gasteiger partial charge in [0.2, 0.25) is 0 Å². The highest BCUT2D eigenvalue weighted by atomic mass is 16.5. The van der Waals surface area contributed by atoms with Gasteiger partial charge >= 0.3 is 0 Å². The van der Waals surface area contributed by atoms with Crippen LogP contribution < -0.4 is 5.32 Å². The van der Waals surface area contributed by atoms with Gasteiger partial charge < -0.3 is 10.1 Å². The second-order valence-corrected chi connectivity index (χ2v) is 4.81. The summed E-state index contributed by atoms with van der Waals surface area (Å²) in [5.74, 6) is 0.959. The Morgan fingerprint density at radius 3 is 2.53 bits per heavy atom. The molecule has 0 aromatic carbocycles. The fraction of sp³-hybridized carbons (Fsp3) is 1.00. The summed E-state index contributed by atoms with van der Waals surface area (Å²) < 4.78 is 5.31. The van der Waals surface area contributed by atoms with Crippen LogP contribution in [0.25, 0.3) is 0 Å². The van der Waals surface area contributed by atoms with E-state index >= 15 is 0 Å². The summed E-state index contributed by atoms with van der Waals surface area (Å²) >= 11 is 0. The molecule has 0 unspecified atom stereocenters. The third-order valence-electron chi connectivity index (χ3n) is 3.37. The minimum atomic E-state index is 0.799. The van der Waals surface area contributed by atoms with E-state index in [1.807, 2.05) is 0 Å². The Bertz CT molecular complexity index is 141. The van der Waals surface area contributed by atoms with Crippen LogP contribution in [-0.2, 0) is 4.74 Å². The molecule has 1 N–H and O–H groups in total. The molecule has 0 aliphatic heterocycles. The van der Waals surface area contributed by atoms with Crippen LogP contribution in [0, 0.1) is 5.92 Å². The van der Waals surface area contributed by atoms with Gasteiger partial charge in [-0.05, 0) is 57.9 Å². The Kier molecular flexibility index (Phi) is 7.03. The van der Waals surface area contributed by atoms with Crippen molar-refractivity contribution in [3.8, 4) is 0 Å². The molecule has 2 nitrogen and oxygen atoms in total. The molecule has 1 aliphatic rings. The standard InChI is InChI=1S/C13H27NO/c1-3-15-11-5-4-10-14-13-8-6-12(2)7-9-13/h12-14H,3-11H2,1-2H3. The summed E-state index contributed by atoms with van der Waals surface area (Å²) in [6.45, 7) is 7.39. The Morgan fingerprint density at radius 1 is 1.13 bits per heavy atom. The van der Waals surface area contributed by atoms with E-state index in [9.17, 15) is 0 Å². The molecule has 90 valence electrons. The molecule has 2 heteroatoms. The molecule has 0 atom stereocenters. The van der Waals surface area contributed by atoms with Gasteiger partial charge in [0.1, 0.15) is 0 Å². The molecule has 1 rings (SSSR count).